The Morgan fingerprint density at radius 2 is 1.58 bits per heavy atom. The zero-order valence-electron chi connectivity index (χ0n) is 6.30. The lowest BCUT2D eigenvalue weighted by Crippen LogP contribution is -2.49. The van der Waals surface area contributed by atoms with E-state index < -0.39 is 23.6 Å². The summed E-state index contributed by atoms with van der Waals surface area (Å²) >= 11 is 0. The summed E-state index contributed by atoms with van der Waals surface area (Å²) in [6.45, 7) is 0. The minimum atomic E-state index is -4.48. The van der Waals surface area contributed by atoms with Gasteiger partial charge in [-0.25, -0.2) is 0 Å². The molecule has 12 heavy (non-hydrogen) atoms. The largest absolute Gasteiger partial charge is 0.418 e. The molecule has 0 heterocycles. The zero-order chi connectivity index (χ0) is 8.98. The first kappa shape index (κ1) is 8.10. The van der Waals surface area contributed by atoms with Gasteiger partial charge in [-0.15, -0.1) is 0 Å². The van der Waals surface area contributed by atoms with Crippen LogP contribution in [-0.4, -0.2) is 16.9 Å². The van der Waals surface area contributed by atoms with Gasteiger partial charge in [0.25, 0.3) is 0 Å². The van der Waals surface area contributed by atoms with Gasteiger partial charge >= 0.3 is 6.18 Å². The van der Waals surface area contributed by atoms with Crippen LogP contribution in [0.2, 0.25) is 0 Å². The first-order valence-electron chi connectivity index (χ1n) is 3.93. The predicted molar refractivity (Wildman–Crippen MR) is 36.4 cm³/mol. The van der Waals surface area contributed by atoms with Crippen LogP contribution in [0.1, 0.15) is 12.8 Å². The minimum absolute atomic E-state index is 0.456. The van der Waals surface area contributed by atoms with Gasteiger partial charge in [0.1, 0.15) is 0 Å². The molecule has 0 saturated heterocycles. The van der Waals surface area contributed by atoms with Gasteiger partial charge in [0.2, 0.25) is 0 Å². The van der Waals surface area contributed by atoms with Crippen LogP contribution < -0.4 is 0 Å². The molecule has 4 heteroatoms. The van der Waals surface area contributed by atoms with Crippen molar-refractivity contribution in [3.63, 3.8) is 0 Å². The fourth-order valence-corrected chi connectivity index (χ4v) is 2.25. The van der Waals surface area contributed by atoms with Crippen molar-refractivity contribution >= 4 is 0 Å². The van der Waals surface area contributed by atoms with Gasteiger partial charge in [-0.2, -0.15) is 13.2 Å². The number of aliphatic hydroxyl groups is 1. The first-order valence-corrected chi connectivity index (χ1v) is 3.93. The smallest absolute Gasteiger partial charge is 0.379 e. The van der Waals surface area contributed by atoms with Crippen LogP contribution >= 0.6 is 0 Å². The fraction of sp³-hybridized carbons (Fsp3) is 0.750. The molecule has 1 nitrogen and oxygen atoms in total. The van der Waals surface area contributed by atoms with Gasteiger partial charge in [0, 0.05) is 11.8 Å². The van der Waals surface area contributed by atoms with Crippen molar-refractivity contribution in [2.24, 2.45) is 11.8 Å². The lowest BCUT2D eigenvalue weighted by molar-refractivity contribution is -0.274. The third kappa shape index (κ3) is 0.736. The van der Waals surface area contributed by atoms with Crippen molar-refractivity contribution in [2.45, 2.75) is 24.6 Å². The van der Waals surface area contributed by atoms with Crippen LogP contribution in [0.15, 0.2) is 12.2 Å². The van der Waals surface area contributed by atoms with Gasteiger partial charge in [0.15, 0.2) is 5.60 Å². The van der Waals surface area contributed by atoms with E-state index in [2.05, 4.69) is 0 Å². The molecule has 68 valence electrons. The Morgan fingerprint density at radius 3 is 1.75 bits per heavy atom. The number of alkyl halides is 3. The van der Waals surface area contributed by atoms with E-state index >= 15 is 0 Å². The molecule has 2 aliphatic rings. The summed E-state index contributed by atoms with van der Waals surface area (Å²) in [6, 6.07) is 0. The van der Waals surface area contributed by atoms with Crippen molar-refractivity contribution in [1.82, 2.24) is 0 Å². The Balaban J connectivity index is 2.36. The molecule has 0 aliphatic heterocycles. The SMILES string of the molecule is OC1(C(F)(F)F)[C@@H]2C=C[C@H]1CC2. The van der Waals surface area contributed by atoms with Gasteiger partial charge in [-0.1, -0.05) is 12.2 Å². The van der Waals surface area contributed by atoms with Crippen molar-refractivity contribution in [3.05, 3.63) is 12.2 Å². The molecule has 2 aliphatic carbocycles. The highest BCUT2D eigenvalue weighted by atomic mass is 19.4. The quantitative estimate of drug-likeness (QED) is 0.561. The van der Waals surface area contributed by atoms with Crippen molar-refractivity contribution in [2.75, 3.05) is 0 Å². The van der Waals surface area contributed by atoms with E-state index in [1.807, 2.05) is 0 Å². The van der Waals surface area contributed by atoms with E-state index in [0.29, 0.717) is 12.8 Å². The topological polar surface area (TPSA) is 20.2 Å². The van der Waals surface area contributed by atoms with Crippen molar-refractivity contribution in [3.8, 4) is 0 Å². The van der Waals surface area contributed by atoms with Crippen LogP contribution in [0.5, 0.6) is 0 Å². The van der Waals surface area contributed by atoms with Crippen LogP contribution in [0.25, 0.3) is 0 Å². The number of rotatable bonds is 0. The molecule has 2 rings (SSSR count). The molecule has 0 aromatic heterocycles. The van der Waals surface area contributed by atoms with Crippen LogP contribution in [-0.2, 0) is 0 Å². The molecule has 0 spiro atoms. The maximum absolute atomic E-state index is 12.4. The van der Waals surface area contributed by atoms with Gasteiger partial charge in [0.05, 0.1) is 0 Å². The number of hydrogen-bond donors (Lipinski definition) is 1. The minimum Gasteiger partial charge on any atom is -0.379 e. The molecule has 1 fully saturated rings. The molecule has 1 saturated carbocycles. The van der Waals surface area contributed by atoms with E-state index in [1.165, 1.54) is 12.2 Å². The second-order valence-corrected chi connectivity index (χ2v) is 3.50. The van der Waals surface area contributed by atoms with E-state index in [1.54, 1.807) is 0 Å². The summed E-state index contributed by atoms with van der Waals surface area (Å²) in [6.07, 6.45) is -0.597. The summed E-state index contributed by atoms with van der Waals surface area (Å²) in [4.78, 5) is 0. The highest BCUT2D eigenvalue weighted by Crippen LogP contribution is 2.54. The third-order valence-electron chi connectivity index (χ3n) is 2.95. The monoisotopic (exact) mass is 178 g/mol. The van der Waals surface area contributed by atoms with Crippen LogP contribution in [0.4, 0.5) is 13.2 Å². The van der Waals surface area contributed by atoms with Gasteiger partial charge in [-0.3, -0.25) is 0 Å². The van der Waals surface area contributed by atoms with E-state index in [9.17, 15) is 18.3 Å². The Morgan fingerprint density at radius 1 is 1.17 bits per heavy atom. The molecule has 0 aromatic carbocycles. The standard InChI is InChI=1S/C8H9F3O/c9-8(10,11)7(12)5-1-2-6(7)4-3-5/h1-2,5-6,12H,3-4H2/t5-,6+,7?. The van der Waals surface area contributed by atoms with E-state index in [-0.39, 0.29) is 0 Å². The lowest BCUT2D eigenvalue weighted by Gasteiger charge is -2.30. The average Bonchev–Trinajstić information content (AvgIpc) is 2.45. The zero-order valence-corrected chi connectivity index (χ0v) is 6.30. The highest BCUT2D eigenvalue weighted by molar-refractivity contribution is 5.22. The lowest BCUT2D eigenvalue weighted by atomic mass is 9.90. The molecule has 0 aromatic rings. The predicted octanol–water partition coefficient (Wildman–Crippen LogP) is 1.88. The fourth-order valence-electron chi connectivity index (χ4n) is 2.25. The molecule has 2 bridgehead atoms. The summed E-state index contributed by atoms with van der Waals surface area (Å²) in [5.41, 5.74) is -2.45. The number of fused-ring (bicyclic) bond motifs is 2. The molecular formula is C8H9F3O. The Hall–Kier alpha value is -0.510. The molecule has 3 atom stereocenters. The maximum atomic E-state index is 12.4. The van der Waals surface area contributed by atoms with E-state index in [4.69, 9.17) is 0 Å². The number of hydrogen-bond acceptors (Lipinski definition) is 1. The van der Waals surface area contributed by atoms with Crippen molar-refractivity contribution < 1.29 is 18.3 Å². The van der Waals surface area contributed by atoms with Crippen molar-refractivity contribution in [1.29, 1.82) is 0 Å². The average molecular weight is 178 g/mol. The Bertz CT molecular complexity index is 217. The molecule has 0 radical (unpaired) electrons. The van der Waals surface area contributed by atoms with E-state index in [0.717, 1.165) is 0 Å². The maximum Gasteiger partial charge on any atom is 0.418 e. The van der Waals surface area contributed by atoms with Gasteiger partial charge in [-0.05, 0) is 12.8 Å². The van der Waals surface area contributed by atoms with Crippen LogP contribution in [0.3, 0.4) is 0 Å². The summed E-state index contributed by atoms with van der Waals surface area (Å²) in [5, 5.41) is 9.44. The highest BCUT2D eigenvalue weighted by Gasteiger charge is 2.66. The van der Waals surface area contributed by atoms with Crippen LogP contribution in [0, 0.1) is 11.8 Å². The molecular weight excluding hydrogens is 169 g/mol. The second kappa shape index (κ2) is 2.05. The molecule has 1 N–H and O–H groups in total. The first-order chi connectivity index (χ1) is 5.46. The third-order valence-corrected chi connectivity index (χ3v) is 2.95. The summed E-state index contributed by atoms with van der Waals surface area (Å²) in [5.74, 6) is -1.41. The number of halogens is 3. The normalized spacial score (nSPS) is 45.7. The summed E-state index contributed by atoms with van der Waals surface area (Å²) in [7, 11) is 0. The second-order valence-electron chi connectivity index (χ2n) is 3.50. The Kier molecular flexibility index (Phi) is 1.38. The molecule has 0 amide bonds. The molecule has 1 unspecified atom stereocenters. The Labute approximate surface area is 67.9 Å². The summed E-state index contributed by atoms with van der Waals surface area (Å²) < 4.78 is 37.2. The van der Waals surface area contributed by atoms with Gasteiger partial charge < -0.3 is 5.11 Å².